The lowest BCUT2D eigenvalue weighted by molar-refractivity contribution is 0.475. The Kier molecular flexibility index (Phi) is 5.99. The second-order valence-corrected chi connectivity index (χ2v) is 7.13. The molecule has 1 N–H and O–H groups in total. The minimum atomic E-state index is 0.269. The Morgan fingerprint density at radius 2 is 1.88 bits per heavy atom. The second-order valence-electron chi connectivity index (χ2n) is 6.72. The quantitative estimate of drug-likeness (QED) is 0.542. The van der Waals surface area contributed by atoms with Crippen LogP contribution in [0, 0.1) is 0 Å². The van der Waals surface area contributed by atoms with E-state index in [-0.39, 0.29) is 5.75 Å². The molecule has 0 aromatic heterocycles. The van der Waals surface area contributed by atoms with Gasteiger partial charge in [0.1, 0.15) is 5.75 Å². The second kappa shape index (κ2) is 8.40. The van der Waals surface area contributed by atoms with Gasteiger partial charge in [0.25, 0.3) is 0 Å². The molecule has 0 bridgehead atoms. The summed E-state index contributed by atoms with van der Waals surface area (Å²) in [5.41, 5.74) is 4.75. The number of hydrogen-bond acceptors (Lipinski definition) is 1. The average molecular weight is 353 g/mol. The predicted molar refractivity (Wildman–Crippen MR) is 107 cm³/mol. The van der Waals surface area contributed by atoms with Crippen LogP contribution in [-0.4, -0.2) is 5.11 Å². The minimum Gasteiger partial charge on any atom is -0.508 e. The highest BCUT2D eigenvalue weighted by molar-refractivity contribution is 6.33. The van der Waals surface area contributed by atoms with Gasteiger partial charge in [0, 0.05) is 16.5 Å². The molecule has 1 unspecified atom stereocenters. The van der Waals surface area contributed by atoms with Gasteiger partial charge in [-0.3, -0.25) is 0 Å². The lowest BCUT2D eigenvalue weighted by Crippen LogP contribution is -1.99. The maximum absolute atomic E-state index is 9.43. The molecule has 2 aromatic rings. The molecule has 0 amide bonds. The monoisotopic (exact) mass is 352 g/mol. The number of rotatable bonds is 6. The van der Waals surface area contributed by atoms with E-state index in [0.29, 0.717) is 5.92 Å². The number of phenols is 1. The van der Waals surface area contributed by atoms with Crippen molar-refractivity contribution < 1.29 is 5.11 Å². The van der Waals surface area contributed by atoms with Crippen molar-refractivity contribution in [1.29, 1.82) is 0 Å². The van der Waals surface area contributed by atoms with E-state index in [9.17, 15) is 5.11 Å². The first-order chi connectivity index (χ1) is 12.2. The van der Waals surface area contributed by atoms with Crippen LogP contribution in [0.5, 0.6) is 5.75 Å². The van der Waals surface area contributed by atoms with Crippen molar-refractivity contribution in [2.24, 2.45) is 0 Å². The topological polar surface area (TPSA) is 20.2 Å². The summed E-state index contributed by atoms with van der Waals surface area (Å²) >= 11 is 6.53. The van der Waals surface area contributed by atoms with Crippen molar-refractivity contribution in [3.8, 4) is 16.9 Å². The number of halogens is 1. The maximum atomic E-state index is 9.43. The van der Waals surface area contributed by atoms with Crippen LogP contribution in [-0.2, 0) is 0 Å². The fourth-order valence-electron chi connectivity index (χ4n) is 3.31. The van der Waals surface area contributed by atoms with Crippen LogP contribution in [0.4, 0.5) is 0 Å². The summed E-state index contributed by atoms with van der Waals surface area (Å²) in [5.74, 6) is 0.673. The summed E-state index contributed by atoms with van der Waals surface area (Å²) < 4.78 is 0. The largest absolute Gasteiger partial charge is 0.508 e. The van der Waals surface area contributed by atoms with E-state index in [1.54, 1.807) is 12.1 Å². The standard InChI is InChI=1S/C23H25ClO/c1-2-3-4-5-17-6-8-18(9-7-17)20-12-15-22(23(24)16-20)19-10-13-21(25)14-11-19/h6-8,10-16,18,25H,2-5,9H2,1H3. The van der Waals surface area contributed by atoms with Gasteiger partial charge < -0.3 is 5.11 Å². The zero-order valence-corrected chi connectivity index (χ0v) is 15.5. The molecule has 0 fully saturated rings. The highest BCUT2D eigenvalue weighted by Gasteiger charge is 2.13. The molecule has 2 heteroatoms. The molecule has 1 aliphatic carbocycles. The summed E-state index contributed by atoms with van der Waals surface area (Å²) in [6, 6.07) is 13.5. The first kappa shape index (κ1) is 17.8. The number of unbranched alkanes of at least 4 members (excludes halogenated alkanes) is 2. The van der Waals surface area contributed by atoms with Crippen molar-refractivity contribution in [3.63, 3.8) is 0 Å². The number of allylic oxidation sites excluding steroid dienone is 4. The van der Waals surface area contributed by atoms with Crippen LogP contribution in [0.1, 0.15) is 50.5 Å². The first-order valence-electron chi connectivity index (χ1n) is 9.13. The van der Waals surface area contributed by atoms with Crippen molar-refractivity contribution in [2.45, 2.75) is 44.9 Å². The summed E-state index contributed by atoms with van der Waals surface area (Å²) in [7, 11) is 0. The van der Waals surface area contributed by atoms with Gasteiger partial charge in [0.05, 0.1) is 0 Å². The molecular formula is C23H25ClO. The molecule has 2 aromatic carbocycles. The Bertz CT molecular complexity index is 771. The highest BCUT2D eigenvalue weighted by atomic mass is 35.5. The number of hydrogen-bond donors (Lipinski definition) is 1. The van der Waals surface area contributed by atoms with Gasteiger partial charge in [-0.05, 0) is 48.6 Å². The molecule has 0 saturated carbocycles. The normalized spacial score (nSPS) is 16.7. The number of benzene rings is 2. The Labute approximate surface area is 155 Å². The summed E-state index contributed by atoms with van der Waals surface area (Å²) in [6.07, 6.45) is 13.1. The molecule has 0 spiro atoms. The van der Waals surface area contributed by atoms with Gasteiger partial charge in [-0.25, -0.2) is 0 Å². The van der Waals surface area contributed by atoms with Gasteiger partial charge in [-0.2, -0.15) is 0 Å². The van der Waals surface area contributed by atoms with Gasteiger partial charge in [0.2, 0.25) is 0 Å². The smallest absolute Gasteiger partial charge is 0.115 e. The molecule has 0 heterocycles. The van der Waals surface area contributed by atoms with Gasteiger partial charge in [0.15, 0.2) is 0 Å². The molecule has 25 heavy (non-hydrogen) atoms. The van der Waals surface area contributed by atoms with E-state index in [1.807, 2.05) is 12.1 Å². The minimum absolute atomic E-state index is 0.269. The van der Waals surface area contributed by atoms with E-state index in [1.165, 1.54) is 36.8 Å². The lowest BCUT2D eigenvalue weighted by Gasteiger charge is -2.18. The van der Waals surface area contributed by atoms with E-state index in [2.05, 4.69) is 43.4 Å². The zero-order valence-electron chi connectivity index (χ0n) is 14.7. The predicted octanol–water partition coefficient (Wildman–Crippen LogP) is 7.26. The van der Waals surface area contributed by atoms with Crippen LogP contribution in [0.2, 0.25) is 5.02 Å². The molecule has 0 radical (unpaired) electrons. The molecule has 1 nitrogen and oxygen atoms in total. The van der Waals surface area contributed by atoms with Crippen molar-refractivity contribution in [2.75, 3.05) is 0 Å². The molecule has 1 aliphatic rings. The molecule has 130 valence electrons. The first-order valence-corrected chi connectivity index (χ1v) is 9.51. The maximum Gasteiger partial charge on any atom is 0.115 e. The SMILES string of the molecule is CCCCCC1=CCC(c2ccc(-c3ccc(O)cc3)c(Cl)c2)C=C1. The Balaban J connectivity index is 1.70. The van der Waals surface area contributed by atoms with E-state index >= 15 is 0 Å². The van der Waals surface area contributed by atoms with Gasteiger partial charge in [-0.15, -0.1) is 0 Å². The zero-order chi connectivity index (χ0) is 17.6. The fourth-order valence-corrected chi connectivity index (χ4v) is 3.61. The Morgan fingerprint density at radius 3 is 2.52 bits per heavy atom. The van der Waals surface area contributed by atoms with Gasteiger partial charge >= 0.3 is 0 Å². The molecule has 3 rings (SSSR count). The highest BCUT2D eigenvalue weighted by Crippen LogP contribution is 2.34. The number of aromatic hydroxyl groups is 1. The Morgan fingerprint density at radius 1 is 1.08 bits per heavy atom. The molecule has 0 saturated heterocycles. The van der Waals surface area contributed by atoms with E-state index < -0.39 is 0 Å². The van der Waals surface area contributed by atoms with Crippen LogP contribution in [0.25, 0.3) is 11.1 Å². The Hall–Kier alpha value is -1.99. The van der Waals surface area contributed by atoms with Crippen LogP contribution in [0.3, 0.4) is 0 Å². The van der Waals surface area contributed by atoms with Crippen LogP contribution >= 0.6 is 11.6 Å². The molecule has 1 atom stereocenters. The third-order valence-electron chi connectivity index (χ3n) is 4.85. The number of phenolic OH excluding ortho intramolecular Hbond substituents is 1. The van der Waals surface area contributed by atoms with Crippen molar-refractivity contribution in [1.82, 2.24) is 0 Å². The van der Waals surface area contributed by atoms with E-state index in [0.717, 1.165) is 22.6 Å². The third kappa shape index (κ3) is 4.55. The van der Waals surface area contributed by atoms with Crippen LogP contribution in [0.15, 0.2) is 66.3 Å². The van der Waals surface area contributed by atoms with Crippen molar-refractivity contribution >= 4 is 11.6 Å². The third-order valence-corrected chi connectivity index (χ3v) is 5.16. The van der Waals surface area contributed by atoms with Crippen molar-refractivity contribution in [3.05, 3.63) is 76.9 Å². The lowest BCUT2D eigenvalue weighted by atomic mass is 9.88. The summed E-state index contributed by atoms with van der Waals surface area (Å²) in [5, 5.41) is 10.2. The molecule has 0 aliphatic heterocycles. The van der Waals surface area contributed by atoms with Gasteiger partial charge in [-0.1, -0.05) is 79.4 Å². The average Bonchev–Trinajstić information content (AvgIpc) is 2.63. The molecular weight excluding hydrogens is 328 g/mol. The summed E-state index contributed by atoms with van der Waals surface area (Å²) in [4.78, 5) is 0. The van der Waals surface area contributed by atoms with Crippen LogP contribution < -0.4 is 0 Å². The fraction of sp³-hybridized carbons (Fsp3) is 0.304. The van der Waals surface area contributed by atoms with E-state index in [4.69, 9.17) is 11.6 Å². The summed E-state index contributed by atoms with van der Waals surface area (Å²) in [6.45, 7) is 2.24.